The summed E-state index contributed by atoms with van der Waals surface area (Å²) in [6.45, 7) is 1.95. The van der Waals surface area contributed by atoms with Gasteiger partial charge in [-0.3, -0.25) is 4.79 Å². The van der Waals surface area contributed by atoms with Crippen molar-refractivity contribution in [2.75, 3.05) is 0 Å². The first-order chi connectivity index (χ1) is 14.4. The number of rotatable bonds is 5. The SMILES string of the molecule is CC1=C(CC(=O)O)c2cc(Cl)ccc2/C1=C\c1cccc(Oc2ccc(Cl)cc2)c1. The fourth-order valence-corrected chi connectivity index (χ4v) is 3.90. The standard InChI is InChI=1S/C25H18Cl2O3/c1-15-22(21-10-7-18(27)13-24(21)23(15)14-25(28)29)12-16-3-2-4-20(11-16)30-19-8-5-17(26)6-9-19/h2-13H,14H2,1H3,(H,28,29)/b22-12-. The van der Waals surface area contributed by atoms with E-state index in [2.05, 4.69) is 0 Å². The van der Waals surface area contributed by atoms with Crippen LogP contribution in [-0.4, -0.2) is 11.1 Å². The van der Waals surface area contributed by atoms with Crippen molar-refractivity contribution in [2.45, 2.75) is 13.3 Å². The summed E-state index contributed by atoms with van der Waals surface area (Å²) in [5, 5.41) is 10.6. The van der Waals surface area contributed by atoms with Crippen molar-refractivity contribution in [1.29, 1.82) is 0 Å². The lowest BCUT2D eigenvalue weighted by Gasteiger charge is -2.08. The highest BCUT2D eigenvalue weighted by Gasteiger charge is 2.25. The molecule has 0 heterocycles. The van der Waals surface area contributed by atoms with Gasteiger partial charge in [-0.15, -0.1) is 0 Å². The maximum atomic E-state index is 11.4. The minimum absolute atomic E-state index is 0.0454. The van der Waals surface area contributed by atoms with Crippen molar-refractivity contribution in [2.24, 2.45) is 0 Å². The van der Waals surface area contributed by atoms with Crippen LogP contribution in [0.3, 0.4) is 0 Å². The quantitative estimate of drug-likeness (QED) is 0.447. The number of hydrogen-bond donors (Lipinski definition) is 1. The van der Waals surface area contributed by atoms with Gasteiger partial charge in [0.05, 0.1) is 6.42 Å². The molecule has 4 rings (SSSR count). The largest absolute Gasteiger partial charge is 0.481 e. The van der Waals surface area contributed by atoms with E-state index in [0.29, 0.717) is 21.5 Å². The van der Waals surface area contributed by atoms with E-state index in [9.17, 15) is 9.90 Å². The molecule has 1 N–H and O–H groups in total. The molecule has 30 heavy (non-hydrogen) atoms. The Balaban J connectivity index is 1.71. The molecule has 3 aromatic rings. The van der Waals surface area contributed by atoms with E-state index in [4.69, 9.17) is 27.9 Å². The molecule has 0 saturated heterocycles. The van der Waals surface area contributed by atoms with Crippen molar-refractivity contribution in [3.63, 3.8) is 0 Å². The van der Waals surface area contributed by atoms with Crippen LogP contribution >= 0.6 is 23.2 Å². The van der Waals surface area contributed by atoms with Crippen LogP contribution in [0, 0.1) is 0 Å². The summed E-state index contributed by atoms with van der Waals surface area (Å²) in [7, 11) is 0. The van der Waals surface area contributed by atoms with Gasteiger partial charge in [0.25, 0.3) is 0 Å². The maximum absolute atomic E-state index is 11.4. The van der Waals surface area contributed by atoms with E-state index in [1.165, 1.54) is 0 Å². The third kappa shape index (κ3) is 4.28. The fourth-order valence-electron chi connectivity index (χ4n) is 3.61. The smallest absolute Gasteiger partial charge is 0.307 e. The molecule has 0 aliphatic heterocycles. The van der Waals surface area contributed by atoms with E-state index in [1.54, 1.807) is 12.1 Å². The Morgan fingerprint density at radius 3 is 2.40 bits per heavy atom. The molecular formula is C25H18Cl2O3. The number of ether oxygens (including phenoxy) is 1. The first-order valence-corrected chi connectivity index (χ1v) is 10.1. The zero-order valence-electron chi connectivity index (χ0n) is 16.2. The van der Waals surface area contributed by atoms with E-state index >= 15 is 0 Å². The lowest BCUT2D eigenvalue weighted by atomic mass is 10.0. The van der Waals surface area contributed by atoms with Crippen LogP contribution in [0.1, 0.15) is 30.0 Å². The summed E-state index contributed by atoms with van der Waals surface area (Å²) in [4.78, 5) is 11.4. The number of halogens is 2. The molecule has 3 nitrogen and oxygen atoms in total. The van der Waals surface area contributed by atoms with Crippen molar-refractivity contribution in [3.8, 4) is 11.5 Å². The molecule has 3 aromatic carbocycles. The molecule has 1 aliphatic rings. The van der Waals surface area contributed by atoms with E-state index in [0.717, 1.165) is 33.4 Å². The Morgan fingerprint density at radius 1 is 0.933 bits per heavy atom. The van der Waals surface area contributed by atoms with E-state index in [-0.39, 0.29) is 6.42 Å². The third-order valence-corrected chi connectivity index (χ3v) is 5.49. The second-order valence-corrected chi connectivity index (χ2v) is 7.92. The van der Waals surface area contributed by atoms with E-state index < -0.39 is 5.97 Å². The number of carboxylic acid groups (broad SMARTS) is 1. The molecule has 5 heteroatoms. The Morgan fingerprint density at radius 2 is 1.67 bits per heavy atom. The molecule has 0 fully saturated rings. The van der Waals surface area contributed by atoms with Crippen LogP contribution in [-0.2, 0) is 4.79 Å². The molecule has 0 radical (unpaired) electrons. The highest BCUT2D eigenvalue weighted by Crippen LogP contribution is 2.44. The Bertz CT molecular complexity index is 1190. The Labute approximate surface area is 184 Å². The molecule has 0 amide bonds. The van der Waals surface area contributed by atoms with Gasteiger partial charge < -0.3 is 9.84 Å². The van der Waals surface area contributed by atoms with Gasteiger partial charge >= 0.3 is 5.97 Å². The number of aliphatic carboxylic acids is 1. The molecular weight excluding hydrogens is 419 g/mol. The van der Waals surface area contributed by atoms with Gasteiger partial charge in [0.1, 0.15) is 11.5 Å². The van der Waals surface area contributed by atoms with Gasteiger partial charge in [-0.2, -0.15) is 0 Å². The molecule has 0 unspecified atom stereocenters. The molecule has 0 saturated carbocycles. The molecule has 0 aromatic heterocycles. The molecule has 0 bridgehead atoms. The van der Waals surface area contributed by atoms with Crippen LogP contribution in [0.2, 0.25) is 10.0 Å². The average molecular weight is 437 g/mol. The number of hydrogen-bond acceptors (Lipinski definition) is 2. The zero-order chi connectivity index (χ0) is 21.3. The highest BCUT2D eigenvalue weighted by atomic mass is 35.5. The predicted molar refractivity (Wildman–Crippen MR) is 122 cm³/mol. The first-order valence-electron chi connectivity index (χ1n) is 9.38. The van der Waals surface area contributed by atoms with Crippen molar-refractivity contribution in [3.05, 3.63) is 99.0 Å². The number of benzene rings is 3. The van der Waals surface area contributed by atoms with Crippen molar-refractivity contribution < 1.29 is 14.6 Å². The van der Waals surface area contributed by atoms with Crippen LogP contribution in [0.5, 0.6) is 11.5 Å². The molecule has 0 atom stereocenters. The number of fused-ring (bicyclic) bond motifs is 1. The van der Waals surface area contributed by atoms with Gasteiger partial charge in [0, 0.05) is 10.0 Å². The Hall–Kier alpha value is -3.01. The lowest BCUT2D eigenvalue weighted by Crippen LogP contribution is -1.96. The van der Waals surface area contributed by atoms with Crippen LogP contribution < -0.4 is 4.74 Å². The summed E-state index contributed by atoms with van der Waals surface area (Å²) in [6, 6.07) is 20.5. The first kappa shape index (κ1) is 20.3. The highest BCUT2D eigenvalue weighted by molar-refractivity contribution is 6.31. The second kappa shape index (κ2) is 8.39. The minimum atomic E-state index is -0.866. The number of carboxylic acids is 1. The number of allylic oxidation sites excluding steroid dienone is 2. The van der Waals surface area contributed by atoms with Gasteiger partial charge in [0.15, 0.2) is 0 Å². The third-order valence-electron chi connectivity index (χ3n) is 5.00. The van der Waals surface area contributed by atoms with Crippen LogP contribution in [0.25, 0.3) is 17.2 Å². The summed E-state index contributed by atoms with van der Waals surface area (Å²) in [5.41, 5.74) is 5.53. The molecule has 0 spiro atoms. The van der Waals surface area contributed by atoms with Gasteiger partial charge in [-0.05, 0) is 94.9 Å². The van der Waals surface area contributed by atoms with Crippen LogP contribution in [0.15, 0.2) is 72.3 Å². The lowest BCUT2D eigenvalue weighted by molar-refractivity contribution is -0.135. The topological polar surface area (TPSA) is 46.5 Å². The van der Waals surface area contributed by atoms with E-state index in [1.807, 2.05) is 67.6 Å². The monoisotopic (exact) mass is 436 g/mol. The summed E-state index contributed by atoms with van der Waals surface area (Å²) >= 11 is 12.1. The summed E-state index contributed by atoms with van der Waals surface area (Å²) < 4.78 is 5.93. The summed E-state index contributed by atoms with van der Waals surface area (Å²) in [6.07, 6.45) is 2.00. The molecule has 150 valence electrons. The normalized spacial score (nSPS) is 14.2. The fraction of sp³-hybridized carbons (Fsp3) is 0.0800. The Kier molecular flexibility index (Phi) is 5.67. The van der Waals surface area contributed by atoms with Crippen molar-refractivity contribution in [1.82, 2.24) is 0 Å². The second-order valence-electron chi connectivity index (χ2n) is 7.05. The van der Waals surface area contributed by atoms with Gasteiger partial charge in [0.2, 0.25) is 0 Å². The zero-order valence-corrected chi connectivity index (χ0v) is 17.7. The van der Waals surface area contributed by atoms with Gasteiger partial charge in [-0.1, -0.05) is 41.4 Å². The average Bonchev–Trinajstić information content (AvgIpc) is 2.95. The molecule has 1 aliphatic carbocycles. The maximum Gasteiger partial charge on any atom is 0.307 e. The van der Waals surface area contributed by atoms with Gasteiger partial charge in [-0.25, -0.2) is 0 Å². The minimum Gasteiger partial charge on any atom is -0.481 e. The summed E-state index contributed by atoms with van der Waals surface area (Å²) in [5.74, 6) is 0.535. The van der Waals surface area contributed by atoms with Crippen LogP contribution in [0.4, 0.5) is 0 Å². The predicted octanol–water partition coefficient (Wildman–Crippen LogP) is 7.59. The van der Waals surface area contributed by atoms with Crippen molar-refractivity contribution >= 4 is 46.4 Å². The number of carbonyl (C=O) groups is 1.